The van der Waals surface area contributed by atoms with Gasteiger partial charge in [0.05, 0.1) is 24.6 Å². The molecule has 1 fully saturated rings. The van der Waals surface area contributed by atoms with E-state index < -0.39 is 6.10 Å². The van der Waals surface area contributed by atoms with E-state index in [9.17, 15) is 5.11 Å². The van der Waals surface area contributed by atoms with Gasteiger partial charge in [-0.05, 0) is 37.3 Å². The van der Waals surface area contributed by atoms with Gasteiger partial charge < -0.3 is 9.84 Å². The van der Waals surface area contributed by atoms with E-state index in [0.717, 1.165) is 42.0 Å². The molecule has 0 amide bonds. The van der Waals surface area contributed by atoms with Gasteiger partial charge in [-0.1, -0.05) is 32.3 Å². The Morgan fingerprint density at radius 3 is 2.78 bits per heavy atom. The van der Waals surface area contributed by atoms with Crippen molar-refractivity contribution < 1.29 is 9.84 Å². The van der Waals surface area contributed by atoms with Crippen molar-refractivity contribution in [1.82, 2.24) is 9.78 Å². The molecule has 2 aromatic rings. The summed E-state index contributed by atoms with van der Waals surface area (Å²) in [4.78, 5) is 0. The second-order valence-electron chi connectivity index (χ2n) is 6.37. The highest BCUT2D eigenvalue weighted by atomic mass is 16.5. The molecule has 4 nitrogen and oxygen atoms in total. The number of aromatic nitrogens is 2. The molecule has 0 aliphatic heterocycles. The lowest BCUT2D eigenvalue weighted by molar-refractivity contribution is 0.0841. The first-order valence-corrected chi connectivity index (χ1v) is 8.64. The molecule has 1 aromatic heterocycles. The second kappa shape index (κ2) is 7.18. The molecule has 1 aliphatic carbocycles. The highest BCUT2D eigenvalue weighted by Crippen LogP contribution is 2.36. The van der Waals surface area contributed by atoms with Crippen LogP contribution in [0.4, 0.5) is 0 Å². The van der Waals surface area contributed by atoms with E-state index in [2.05, 4.69) is 6.92 Å². The summed E-state index contributed by atoms with van der Waals surface area (Å²) in [5.74, 6) is 1.18. The topological polar surface area (TPSA) is 47.3 Å². The third-order valence-corrected chi connectivity index (χ3v) is 4.89. The average molecular weight is 314 g/mol. The van der Waals surface area contributed by atoms with Gasteiger partial charge >= 0.3 is 0 Å². The second-order valence-corrected chi connectivity index (χ2v) is 6.37. The highest BCUT2D eigenvalue weighted by Gasteiger charge is 2.26. The number of aryl methyl sites for hydroxylation is 1. The molecule has 1 heterocycles. The molecule has 0 radical (unpaired) electrons. The van der Waals surface area contributed by atoms with Crippen molar-refractivity contribution in [3.8, 4) is 11.4 Å². The Bertz CT molecular complexity index is 645. The average Bonchev–Trinajstić information content (AvgIpc) is 3.06. The molecule has 1 unspecified atom stereocenters. The smallest absolute Gasteiger partial charge is 0.121 e. The number of hydrogen-bond donors (Lipinski definition) is 1. The Hall–Kier alpha value is -1.81. The fraction of sp³-hybridized carbons (Fsp3) is 0.526. The van der Waals surface area contributed by atoms with Crippen molar-refractivity contribution in [3.63, 3.8) is 0 Å². The maximum Gasteiger partial charge on any atom is 0.121 e. The molecule has 1 aliphatic rings. The predicted molar refractivity (Wildman–Crippen MR) is 91.0 cm³/mol. The van der Waals surface area contributed by atoms with Crippen LogP contribution in [0.25, 0.3) is 5.69 Å². The first kappa shape index (κ1) is 16.1. The number of benzene rings is 1. The van der Waals surface area contributed by atoms with Crippen LogP contribution in [0.1, 0.15) is 56.4 Å². The fourth-order valence-corrected chi connectivity index (χ4v) is 3.53. The van der Waals surface area contributed by atoms with E-state index in [1.54, 1.807) is 7.11 Å². The minimum absolute atomic E-state index is 0.372. The largest absolute Gasteiger partial charge is 0.497 e. The van der Waals surface area contributed by atoms with Gasteiger partial charge in [0.2, 0.25) is 0 Å². The Labute approximate surface area is 138 Å². The van der Waals surface area contributed by atoms with E-state index in [1.807, 2.05) is 35.1 Å². The molecule has 0 bridgehead atoms. The van der Waals surface area contributed by atoms with Gasteiger partial charge in [0.1, 0.15) is 5.75 Å². The summed E-state index contributed by atoms with van der Waals surface area (Å²) in [6.07, 6.45) is 8.42. The molecule has 23 heavy (non-hydrogen) atoms. The Kier molecular flexibility index (Phi) is 5.01. The zero-order valence-corrected chi connectivity index (χ0v) is 14.0. The number of ether oxygens (including phenoxy) is 1. The summed E-state index contributed by atoms with van der Waals surface area (Å²) >= 11 is 0. The van der Waals surface area contributed by atoms with Gasteiger partial charge in [-0.25, -0.2) is 4.68 Å². The van der Waals surface area contributed by atoms with Crippen LogP contribution >= 0.6 is 0 Å². The van der Waals surface area contributed by atoms with Crippen molar-refractivity contribution in [2.75, 3.05) is 7.11 Å². The molecule has 1 atom stereocenters. The van der Waals surface area contributed by atoms with Crippen molar-refractivity contribution in [1.29, 1.82) is 0 Å². The number of aliphatic hydroxyl groups excluding tert-OH is 1. The number of nitrogens with zero attached hydrogens (tertiary/aromatic N) is 2. The van der Waals surface area contributed by atoms with Crippen LogP contribution in [0, 0.1) is 5.92 Å². The minimum Gasteiger partial charge on any atom is -0.497 e. The number of hydrogen-bond acceptors (Lipinski definition) is 3. The van der Waals surface area contributed by atoms with Crippen LogP contribution in [0.3, 0.4) is 0 Å². The standard InChI is InChI=1S/C19H26N2O2/c1-3-18-17(19(22)14-8-5-4-6-9-14)13-21(20-18)15-10-7-11-16(12-15)23-2/h7,10-14,19,22H,3-6,8-9H2,1-2H3. The van der Waals surface area contributed by atoms with Crippen molar-refractivity contribution in [2.45, 2.75) is 51.6 Å². The summed E-state index contributed by atoms with van der Waals surface area (Å²) in [5, 5.41) is 15.5. The van der Waals surface area contributed by atoms with Gasteiger partial charge in [0.15, 0.2) is 0 Å². The molecule has 1 N–H and O–H groups in total. The summed E-state index contributed by atoms with van der Waals surface area (Å²) in [6, 6.07) is 7.85. The Morgan fingerprint density at radius 2 is 2.09 bits per heavy atom. The molecule has 124 valence electrons. The summed E-state index contributed by atoms with van der Waals surface area (Å²) in [6.45, 7) is 2.09. The zero-order chi connectivity index (χ0) is 16.2. The fourth-order valence-electron chi connectivity index (χ4n) is 3.53. The summed E-state index contributed by atoms with van der Waals surface area (Å²) < 4.78 is 7.16. The van der Waals surface area contributed by atoms with Crippen LogP contribution in [0.2, 0.25) is 0 Å². The molecular formula is C19H26N2O2. The maximum atomic E-state index is 10.8. The number of rotatable bonds is 5. The van der Waals surface area contributed by atoms with E-state index in [1.165, 1.54) is 19.3 Å². The highest BCUT2D eigenvalue weighted by molar-refractivity contribution is 5.40. The molecular weight excluding hydrogens is 288 g/mol. The maximum absolute atomic E-state index is 10.8. The van der Waals surface area contributed by atoms with Gasteiger partial charge in [0, 0.05) is 17.8 Å². The van der Waals surface area contributed by atoms with Gasteiger partial charge in [-0.3, -0.25) is 0 Å². The SMILES string of the molecule is CCc1nn(-c2cccc(OC)c2)cc1C(O)C1CCCCC1. The van der Waals surface area contributed by atoms with E-state index in [4.69, 9.17) is 9.84 Å². The molecule has 1 aromatic carbocycles. The van der Waals surface area contributed by atoms with Crippen molar-refractivity contribution in [2.24, 2.45) is 5.92 Å². The Balaban J connectivity index is 1.90. The molecule has 1 saturated carbocycles. The van der Waals surface area contributed by atoms with Crippen LogP contribution in [0.15, 0.2) is 30.5 Å². The van der Waals surface area contributed by atoms with Crippen LogP contribution in [-0.4, -0.2) is 22.0 Å². The quantitative estimate of drug-likeness (QED) is 0.905. The third-order valence-electron chi connectivity index (χ3n) is 4.89. The van der Waals surface area contributed by atoms with Crippen LogP contribution < -0.4 is 4.74 Å². The van der Waals surface area contributed by atoms with Gasteiger partial charge in [-0.2, -0.15) is 5.10 Å². The summed E-state index contributed by atoms with van der Waals surface area (Å²) in [7, 11) is 1.66. The van der Waals surface area contributed by atoms with E-state index in [0.29, 0.717) is 5.92 Å². The van der Waals surface area contributed by atoms with Crippen molar-refractivity contribution >= 4 is 0 Å². The lowest BCUT2D eigenvalue weighted by Crippen LogP contribution is -2.16. The van der Waals surface area contributed by atoms with Gasteiger partial charge in [0.25, 0.3) is 0 Å². The lowest BCUT2D eigenvalue weighted by Gasteiger charge is -2.26. The van der Waals surface area contributed by atoms with E-state index in [-0.39, 0.29) is 0 Å². The Morgan fingerprint density at radius 1 is 1.30 bits per heavy atom. The molecule has 3 rings (SSSR count). The number of aliphatic hydroxyl groups is 1. The van der Waals surface area contributed by atoms with Gasteiger partial charge in [-0.15, -0.1) is 0 Å². The first-order valence-electron chi connectivity index (χ1n) is 8.64. The van der Waals surface area contributed by atoms with E-state index >= 15 is 0 Å². The van der Waals surface area contributed by atoms with Crippen LogP contribution in [0.5, 0.6) is 5.75 Å². The minimum atomic E-state index is -0.399. The molecule has 0 saturated heterocycles. The van der Waals surface area contributed by atoms with Crippen molar-refractivity contribution in [3.05, 3.63) is 41.7 Å². The monoisotopic (exact) mass is 314 g/mol. The summed E-state index contributed by atoms with van der Waals surface area (Å²) in [5.41, 5.74) is 2.94. The zero-order valence-electron chi connectivity index (χ0n) is 14.0. The molecule has 0 spiro atoms. The lowest BCUT2D eigenvalue weighted by atomic mass is 9.82. The predicted octanol–water partition coefficient (Wildman–Crippen LogP) is 4.06. The van der Waals surface area contributed by atoms with Crippen LogP contribution in [-0.2, 0) is 6.42 Å². The molecule has 4 heteroatoms. The third kappa shape index (κ3) is 3.42. The first-order chi connectivity index (χ1) is 11.2. The number of methoxy groups -OCH3 is 1. The normalized spacial score (nSPS) is 17.2.